The molecule has 0 aliphatic carbocycles. The first-order valence-electron chi connectivity index (χ1n) is 4.89. The van der Waals surface area contributed by atoms with E-state index in [1.54, 1.807) is 18.2 Å². The van der Waals surface area contributed by atoms with Gasteiger partial charge in [-0.1, -0.05) is 29.3 Å². The first kappa shape index (κ1) is 12.7. The standard InChI is InChI=1S/C11H7Cl2FN4/c12-8-2-1-3-9(14)7(8)6-15-17-11-5-4-10(13)16-18-11/h1-6H,(H,17,18)/b15-6+. The van der Waals surface area contributed by atoms with E-state index in [0.29, 0.717) is 5.82 Å². The summed E-state index contributed by atoms with van der Waals surface area (Å²) in [5.74, 6) is -0.0571. The van der Waals surface area contributed by atoms with Crippen LogP contribution in [0.25, 0.3) is 0 Å². The molecule has 0 amide bonds. The molecule has 2 aromatic rings. The molecule has 0 aliphatic heterocycles. The highest BCUT2D eigenvalue weighted by Crippen LogP contribution is 2.16. The van der Waals surface area contributed by atoms with Gasteiger partial charge in [0.1, 0.15) is 5.82 Å². The predicted molar refractivity (Wildman–Crippen MR) is 69.7 cm³/mol. The van der Waals surface area contributed by atoms with Gasteiger partial charge in [0.2, 0.25) is 0 Å². The van der Waals surface area contributed by atoms with Crippen molar-refractivity contribution in [2.24, 2.45) is 5.10 Å². The zero-order valence-corrected chi connectivity index (χ0v) is 10.5. The molecule has 7 heteroatoms. The van der Waals surface area contributed by atoms with E-state index in [1.807, 2.05) is 0 Å². The van der Waals surface area contributed by atoms with Crippen molar-refractivity contribution in [1.29, 1.82) is 0 Å². The second-order valence-corrected chi connectivity index (χ2v) is 4.04. The summed E-state index contributed by atoms with van der Waals surface area (Å²) in [7, 11) is 0. The van der Waals surface area contributed by atoms with Crippen molar-refractivity contribution >= 4 is 35.2 Å². The third-order valence-corrected chi connectivity index (χ3v) is 2.54. The molecule has 0 fully saturated rings. The Bertz CT molecular complexity index is 552. The Hall–Kier alpha value is -1.72. The van der Waals surface area contributed by atoms with E-state index in [1.165, 1.54) is 18.3 Å². The highest BCUT2D eigenvalue weighted by Gasteiger charge is 2.03. The molecular formula is C11H7Cl2FN4. The van der Waals surface area contributed by atoms with Gasteiger partial charge in [-0.2, -0.15) is 5.10 Å². The van der Waals surface area contributed by atoms with E-state index in [9.17, 15) is 4.39 Å². The molecule has 0 saturated heterocycles. The van der Waals surface area contributed by atoms with Crippen LogP contribution in [0.15, 0.2) is 35.4 Å². The Morgan fingerprint density at radius 1 is 1.17 bits per heavy atom. The van der Waals surface area contributed by atoms with Crippen molar-refractivity contribution in [2.75, 3.05) is 5.43 Å². The number of nitrogens with one attached hydrogen (secondary N) is 1. The normalized spacial score (nSPS) is 10.8. The molecule has 1 aromatic carbocycles. The third kappa shape index (κ3) is 3.15. The van der Waals surface area contributed by atoms with E-state index in [-0.39, 0.29) is 15.7 Å². The summed E-state index contributed by atoms with van der Waals surface area (Å²) in [5.41, 5.74) is 2.79. The van der Waals surface area contributed by atoms with Crippen LogP contribution >= 0.6 is 23.2 Å². The molecule has 0 aliphatic rings. The van der Waals surface area contributed by atoms with Crippen molar-refractivity contribution in [3.05, 3.63) is 51.9 Å². The molecule has 1 N–H and O–H groups in total. The lowest BCUT2D eigenvalue weighted by atomic mass is 10.2. The number of halogens is 3. The fraction of sp³-hybridized carbons (Fsp3) is 0. The SMILES string of the molecule is Fc1cccc(Cl)c1/C=N/Nc1ccc(Cl)nn1. The van der Waals surface area contributed by atoms with Crippen LogP contribution in [0.3, 0.4) is 0 Å². The number of benzene rings is 1. The number of hydrogen-bond acceptors (Lipinski definition) is 4. The number of aromatic nitrogens is 2. The molecule has 2 rings (SSSR count). The minimum atomic E-state index is -0.449. The monoisotopic (exact) mass is 284 g/mol. The second-order valence-electron chi connectivity index (χ2n) is 3.25. The first-order chi connectivity index (χ1) is 8.66. The minimum absolute atomic E-state index is 0.202. The quantitative estimate of drug-likeness (QED) is 0.694. The average molecular weight is 285 g/mol. The topological polar surface area (TPSA) is 50.2 Å². The van der Waals surface area contributed by atoms with Crippen molar-refractivity contribution in [2.45, 2.75) is 0 Å². The maximum atomic E-state index is 13.4. The fourth-order valence-electron chi connectivity index (χ4n) is 1.17. The maximum absolute atomic E-state index is 13.4. The van der Waals surface area contributed by atoms with Gasteiger partial charge < -0.3 is 0 Å². The van der Waals surface area contributed by atoms with Crippen LogP contribution in [0.4, 0.5) is 10.2 Å². The molecule has 0 unspecified atom stereocenters. The van der Waals surface area contributed by atoms with Crippen LogP contribution in [-0.2, 0) is 0 Å². The molecule has 0 saturated carbocycles. The van der Waals surface area contributed by atoms with Gasteiger partial charge in [0.15, 0.2) is 11.0 Å². The zero-order chi connectivity index (χ0) is 13.0. The van der Waals surface area contributed by atoms with Gasteiger partial charge in [-0.15, -0.1) is 10.2 Å². The van der Waals surface area contributed by atoms with Crippen LogP contribution in [0.1, 0.15) is 5.56 Å². The van der Waals surface area contributed by atoms with Crippen molar-refractivity contribution < 1.29 is 4.39 Å². The molecule has 1 aromatic heterocycles. The molecule has 18 heavy (non-hydrogen) atoms. The zero-order valence-electron chi connectivity index (χ0n) is 8.94. The maximum Gasteiger partial charge on any atom is 0.168 e. The van der Waals surface area contributed by atoms with Crippen molar-refractivity contribution in [3.63, 3.8) is 0 Å². The summed E-state index contributed by atoms with van der Waals surface area (Å²) in [4.78, 5) is 0. The van der Waals surface area contributed by atoms with Crippen LogP contribution in [0, 0.1) is 5.82 Å². The Morgan fingerprint density at radius 3 is 2.67 bits per heavy atom. The Kier molecular flexibility index (Phi) is 4.07. The number of rotatable bonds is 3. The predicted octanol–water partition coefficient (Wildman–Crippen LogP) is 3.37. The van der Waals surface area contributed by atoms with Gasteiger partial charge >= 0.3 is 0 Å². The summed E-state index contributed by atoms with van der Waals surface area (Å²) >= 11 is 11.4. The smallest absolute Gasteiger partial charge is 0.168 e. The van der Waals surface area contributed by atoms with Crippen molar-refractivity contribution in [1.82, 2.24) is 10.2 Å². The minimum Gasteiger partial charge on any atom is -0.260 e. The largest absolute Gasteiger partial charge is 0.260 e. The first-order valence-corrected chi connectivity index (χ1v) is 5.65. The highest BCUT2D eigenvalue weighted by atomic mass is 35.5. The molecule has 92 valence electrons. The number of anilines is 1. The lowest BCUT2D eigenvalue weighted by Crippen LogP contribution is -1.96. The number of hydrogen-bond donors (Lipinski definition) is 1. The van der Waals surface area contributed by atoms with Gasteiger partial charge in [-0.25, -0.2) is 4.39 Å². The summed E-state index contributed by atoms with van der Waals surface area (Å²) in [6, 6.07) is 7.55. The fourth-order valence-corrected chi connectivity index (χ4v) is 1.49. The van der Waals surface area contributed by atoms with E-state index in [0.717, 1.165) is 0 Å². The lowest BCUT2D eigenvalue weighted by Gasteiger charge is -2.00. The van der Waals surface area contributed by atoms with E-state index in [2.05, 4.69) is 20.7 Å². The highest BCUT2D eigenvalue weighted by molar-refractivity contribution is 6.33. The van der Waals surface area contributed by atoms with E-state index < -0.39 is 5.82 Å². The molecule has 0 bridgehead atoms. The third-order valence-electron chi connectivity index (χ3n) is 2.00. The van der Waals surface area contributed by atoms with Crippen LogP contribution in [-0.4, -0.2) is 16.4 Å². The number of nitrogens with zero attached hydrogens (tertiary/aromatic N) is 3. The van der Waals surface area contributed by atoms with Gasteiger partial charge in [0, 0.05) is 5.56 Å². The molecular weight excluding hydrogens is 278 g/mol. The van der Waals surface area contributed by atoms with Gasteiger partial charge in [0.25, 0.3) is 0 Å². The van der Waals surface area contributed by atoms with Gasteiger partial charge in [-0.05, 0) is 24.3 Å². The summed E-state index contributed by atoms with van der Waals surface area (Å²) in [6.07, 6.45) is 1.27. The van der Waals surface area contributed by atoms with Crippen LogP contribution < -0.4 is 5.43 Å². The van der Waals surface area contributed by atoms with E-state index in [4.69, 9.17) is 23.2 Å². The molecule has 0 spiro atoms. The second kappa shape index (κ2) is 5.75. The molecule has 0 atom stereocenters. The Labute approximate surface area is 112 Å². The average Bonchev–Trinajstić information content (AvgIpc) is 2.35. The van der Waals surface area contributed by atoms with E-state index >= 15 is 0 Å². The molecule has 4 nitrogen and oxygen atoms in total. The van der Waals surface area contributed by atoms with Crippen LogP contribution in [0.2, 0.25) is 10.2 Å². The van der Waals surface area contributed by atoms with Gasteiger partial charge in [0.05, 0.1) is 11.2 Å². The molecule has 0 radical (unpaired) electrons. The van der Waals surface area contributed by atoms with Crippen LogP contribution in [0.5, 0.6) is 0 Å². The summed E-state index contributed by atoms with van der Waals surface area (Å²) in [6.45, 7) is 0. The summed E-state index contributed by atoms with van der Waals surface area (Å²) < 4.78 is 13.4. The Morgan fingerprint density at radius 2 is 2.00 bits per heavy atom. The molecule has 1 heterocycles. The summed E-state index contributed by atoms with van der Waals surface area (Å²) in [5, 5.41) is 11.7. The lowest BCUT2D eigenvalue weighted by molar-refractivity contribution is 0.626. The van der Waals surface area contributed by atoms with Gasteiger partial charge in [-0.3, -0.25) is 5.43 Å². The number of hydrazone groups is 1. The Balaban J connectivity index is 2.10. The van der Waals surface area contributed by atoms with Crippen molar-refractivity contribution in [3.8, 4) is 0 Å².